The Hall–Kier alpha value is -4.11. The van der Waals surface area contributed by atoms with Crippen LogP contribution in [-0.4, -0.2) is 19.0 Å². The van der Waals surface area contributed by atoms with Crippen molar-refractivity contribution in [2.24, 2.45) is 0 Å². The molecule has 0 saturated heterocycles. The molecule has 0 unspecified atom stereocenters. The molecule has 0 aromatic heterocycles. The SMILES string of the molecule is CCCCCCCCc1ccc(OC(=O)c2ccc(OC(=O)c3ccc(C#N)cc3)c(OC)c2)cc1. The number of hydrogen-bond acceptors (Lipinski definition) is 6. The first-order valence-electron chi connectivity index (χ1n) is 12.3. The summed E-state index contributed by atoms with van der Waals surface area (Å²) in [6, 6.07) is 20.1. The number of carbonyl (C=O) groups is 2. The lowest BCUT2D eigenvalue weighted by Crippen LogP contribution is -2.11. The van der Waals surface area contributed by atoms with E-state index in [0.29, 0.717) is 16.9 Å². The van der Waals surface area contributed by atoms with Crippen LogP contribution in [-0.2, 0) is 6.42 Å². The summed E-state index contributed by atoms with van der Waals surface area (Å²) in [5.41, 5.74) is 2.22. The van der Waals surface area contributed by atoms with Gasteiger partial charge in [-0.15, -0.1) is 0 Å². The number of carbonyl (C=O) groups excluding carboxylic acids is 2. The fourth-order valence-electron chi connectivity index (χ4n) is 3.72. The van der Waals surface area contributed by atoms with Crippen LogP contribution < -0.4 is 14.2 Å². The number of nitriles is 1. The highest BCUT2D eigenvalue weighted by molar-refractivity contribution is 5.93. The highest BCUT2D eigenvalue weighted by Gasteiger charge is 2.16. The van der Waals surface area contributed by atoms with E-state index in [1.165, 1.54) is 87.2 Å². The molecule has 3 aromatic carbocycles. The molecule has 0 aliphatic rings. The number of hydrogen-bond donors (Lipinski definition) is 0. The maximum Gasteiger partial charge on any atom is 0.343 e. The molecule has 0 spiro atoms. The molecule has 0 aliphatic heterocycles. The molecule has 0 amide bonds. The van der Waals surface area contributed by atoms with Crippen LogP contribution in [0.5, 0.6) is 17.2 Å². The van der Waals surface area contributed by atoms with E-state index in [1.807, 2.05) is 18.2 Å². The van der Waals surface area contributed by atoms with Gasteiger partial charge in [0.15, 0.2) is 11.5 Å². The smallest absolute Gasteiger partial charge is 0.343 e. The number of esters is 2. The summed E-state index contributed by atoms with van der Waals surface area (Å²) in [4.78, 5) is 25.1. The van der Waals surface area contributed by atoms with Crippen LogP contribution in [0.1, 0.15) is 77.3 Å². The minimum Gasteiger partial charge on any atom is -0.493 e. The monoisotopic (exact) mass is 485 g/mol. The van der Waals surface area contributed by atoms with Gasteiger partial charge in [-0.05, 0) is 73.0 Å². The number of unbranched alkanes of at least 4 members (excludes halogenated alkanes) is 5. The third-order valence-electron chi connectivity index (χ3n) is 5.80. The summed E-state index contributed by atoms with van der Waals surface area (Å²) < 4.78 is 16.2. The molecule has 0 N–H and O–H groups in total. The molecule has 0 heterocycles. The average molecular weight is 486 g/mol. The fourth-order valence-corrected chi connectivity index (χ4v) is 3.72. The van der Waals surface area contributed by atoms with Crippen LogP contribution in [0.25, 0.3) is 0 Å². The van der Waals surface area contributed by atoms with Crippen molar-refractivity contribution in [3.63, 3.8) is 0 Å². The lowest BCUT2D eigenvalue weighted by molar-refractivity contribution is 0.0728. The van der Waals surface area contributed by atoms with Crippen molar-refractivity contribution in [1.82, 2.24) is 0 Å². The maximum atomic E-state index is 12.7. The van der Waals surface area contributed by atoms with Crippen molar-refractivity contribution in [3.8, 4) is 23.3 Å². The predicted octanol–water partition coefficient (Wildman–Crippen LogP) is 6.91. The number of aryl methyl sites for hydroxylation is 1. The molecule has 0 atom stereocenters. The van der Waals surface area contributed by atoms with Crippen LogP contribution in [0.2, 0.25) is 0 Å². The van der Waals surface area contributed by atoms with Crippen molar-refractivity contribution < 1.29 is 23.8 Å². The van der Waals surface area contributed by atoms with Crippen LogP contribution in [0.3, 0.4) is 0 Å². The summed E-state index contributed by atoms with van der Waals surface area (Å²) >= 11 is 0. The largest absolute Gasteiger partial charge is 0.493 e. The number of benzene rings is 3. The van der Waals surface area contributed by atoms with Crippen LogP contribution in [0.4, 0.5) is 0 Å². The zero-order valence-electron chi connectivity index (χ0n) is 20.8. The van der Waals surface area contributed by atoms with Gasteiger partial charge >= 0.3 is 11.9 Å². The summed E-state index contributed by atoms with van der Waals surface area (Å²) in [6.07, 6.45) is 8.54. The number of rotatable bonds is 12. The fraction of sp³-hybridized carbons (Fsp3) is 0.300. The van der Waals surface area contributed by atoms with Gasteiger partial charge in [0.2, 0.25) is 0 Å². The lowest BCUT2D eigenvalue weighted by atomic mass is 10.0. The molecular weight excluding hydrogens is 454 g/mol. The first-order chi connectivity index (χ1) is 17.5. The Balaban J connectivity index is 1.57. The Labute approximate surface area is 212 Å². The Bertz CT molecular complexity index is 1190. The summed E-state index contributed by atoms with van der Waals surface area (Å²) in [7, 11) is 1.42. The normalized spacial score (nSPS) is 10.4. The number of methoxy groups -OCH3 is 1. The Morgan fingerprint density at radius 1 is 0.750 bits per heavy atom. The zero-order valence-corrected chi connectivity index (χ0v) is 20.8. The molecule has 0 radical (unpaired) electrons. The van der Waals surface area contributed by atoms with Crippen molar-refractivity contribution in [2.45, 2.75) is 51.9 Å². The van der Waals surface area contributed by atoms with Crippen molar-refractivity contribution in [2.75, 3.05) is 7.11 Å². The average Bonchev–Trinajstić information content (AvgIpc) is 2.91. The van der Waals surface area contributed by atoms with Gasteiger partial charge in [-0.1, -0.05) is 51.2 Å². The Morgan fingerprint density at radius 2 is 1.39 bits per heavy atom. The van der Waals surface area contributed by atoms with E-state index in [0.717, 1.165) is 12.8 Å². The van der Waals surface area contributed by atoms with Gasteiger partial charge in [-0.25, -0.2) is 9.59 Å². The lowest BCUT2D eigenvalue weighted by Gasteiger charge is -2.11. The number of nitrogens with zero attached hydrogens (tertiary/aromatic N) is 1. The minimum absolute atomic E-state index is 0.169. The second-order valence-electron chi connectivity index (χ2n) is 8.50. The molecule has 6 heteroatoms. The second kappa shape index (κ2) is 13.7. The van der Waals surface area contributed by atoms with E-state index in [-0.39, 0.29) is 17.1 Å². The molecule has 3 rings (SSSR count). The van der Waals surface area contributed by atoms with Crippen molar-refractivity contribution in [1.29, 1.82) is 5.26 Å². The van der Waals surface area contributed by atoms with E-state index in [2.05, 4.69) is 6.92 Å². The van der Waals surface area contributed by atoms with E-state index >= 15 is 0 Å². The first kappa shape index (κ1) is 26.5. The van der Waals surface area contributed by atoms with E-state index in [4.69, 9.17) is 19.5 Å². The van der Waals surface area contributed by atoms with Crippen LogP contribution in [0.15, 0.2) is 66.7 Å². The van der Waals surface area contributed by atoms with Gasteiger partial charge in [0.1, 0.15) is 5.75 Å². The molecule has 0 fully saturated rings. The van der Waals surface area contributed by atoms with Crippen LogP contribution in [0, 0.1) is 11.3 Å². The predicted molar refractivity (Wildman–Crippen MR) is 138 cm³/mol. The topological polar surface area (TPSA) is 85.6 Å². The van der Waals surface area contributed by atoms with Gasteiger partial charge in [-0.3, -0.25) is 0 Å². The Morgan fingerprint density at radius 3 is 2.06 bits per heavy atom. The van der Waals surface area contributed by atoms with E-state index in [1.54, 1.807) is 12.1 Å². The van der Waals surface area contributed by atoms with Gasteiger partial charge in [0, 0.05) is 0 Å². The quantitative estimate of drug-likeness (QED) is 0.157. The standard InChI is InChI=1S/C30H31NO5/c1-3-4-5-6-7-8-9-22-12-17-26(18-13-22)35-30(33)25-16-19-27(28(20-25)34-2)36-29(32)24-14-10-23(21-31)11-15-24/h10-20H,3-9H2,1-2H3. The molecule has 6 nitrogen and oxygen atoms in total. The molecule has 3 aromatic rings. The van der Waals surface area contributed by atoms with E-state index < -0.39 is 11.9 Å². The van der Waals surface area contributed by atoms with Crippen LogP contribution >= 0.6 is 0 Å². The number of ether oxygens (including phenoxy) is 3. The third kappa shape index (κ3) is 7.71. The summed E-state index contributed by atoms with van der Waals surface area (Å²) in [5, 5.41) is 8.89. The summed E-state index contributed by atoms with van der Waals surface area (Å²) in [5.74, 6) is -0.290. The molecule has 0 aliphatic carbocycles. The molecular formula is C30H31NO5. The minimum atomic E-state index is -0.603. The molecule has 36 heavy (non-hydrogen) atoms. The van der Waals surface area contributed by atoms with Gasteiger partial charge in [0.25, 0.3) is 0 Å². The zero-order chi connectivity index (χ0) is 25.8. The van der Waals surface area contributed by atoms with Gasteiger partial charge < -0.3 is 14.2 Å². The van der Waals surface area contributed by atoms with Gasteiger partial charge in [-0.2, -0.15) is 5.26 Å². The maximum absolute atomic E-state index is 12.7. The Kier molecular flexibility index (Phi) is 10.1. The molecule has 0 bridgehead atoms. The van der Waals surface area contributed by atoms with Crippen molar-refractivity contribution >= 4 is 11.9 Å². The van der Waals surface area contributed by atoms with Crippen molar-refractivity contribution in [3.05, 3.63) is 89.0 Å². The molecule has 186 valence electrons. The van der Waals surface area contributed by atoms with Gasteiger partial charge in [0.05, 0.1) is 29.9 Å². The molecule has 0 saturated carbocycles. The summed E-state index contributed by atoms with van der Waals surface area (Å²) in [6.45, 7) is 2.22. The third-order valence-corrected chi connectivity index (χ3v) is 5.80. The first-order valence-corrected chi connectivity index (χ1v) is 12.3. The second-order valence-corrected chi connectivity index (χ2v) is 8.50. The highest BCUT2D eigenvalue weighted by atomic mass is 16.6. The van der Waals surface area contributed by atoms with E-state index in [9.17, 15) is 9.59 Å². The highest BCUT2D eigenvalue weighted by Crippen LogP contribution is 2.29.